The lowest BCUT2D eigenvalue weighted by molar-refractivity contribution is -0.0629. The highest BCUT2D eigenvalue weighted by molar-refractivity contribution is 5.41. The Hall–Kier alpha value is -2.28. The maximum atomic E-state index is 10.0. The minimum Gasteiger partial charge on any atom is -0.508 e. The summed E-state index contributed by atoms with van der Waals surface area (Å²) in [6.45, 7) is 0. The molecule has 0 saturated carbocycles. The highest BCUT2D eigenvalue weighted by atomic mass is 16.4. The van der Waals surface area contributed by atoms with Crippen molar-refractivity contribution in [2.75, 3.05) is 0 Å². The normalized spacial score (nSPS) is 15.4. The van der Waals surface area contributed by atoms with Gasteiger partial charge in [-0.05, 0) is 29.8 Å². The molecule has 0 aromatic heterocycles. The number of hydrogen-bond acceptors (Lipinski definition) is 6. The molecule has 112 valence electrons. The zero-order valence-corrected chi connectivity index (χ0v) is 11.0. The smallest absolute Gasteiger partial charge is 0.125 e. The Labute approximate surface area is 120 Å². The minimum atomic E-state index is -1.59. The largest absolute Gasteiger partial charge is 0.508 e. The van der Waals surface area contributed by atoms with Gasteiger partial charge < -0.3 is 30.6 Å². The van der Waals surface area contributed by atoms with Gasteiger partial charge in [-0.15, -0.1) is 0 Å². The monoisotopic (exact) mass is 292 g/mol. The van der Waals surface area contributed by atoms with Crippen LogP contribution in [0.4, 0.5) is 0 Å². The topological polar surface area (TPSA) is 121 Å². The molecular formula is C15H16O6. The summed E-state index contributed by atoms with van der Waals surface area (Å²) in [6, 6.07) is 9.03. The van der Waals surface area contributed by atoms with Crippen LogP contribution in [0.5, 0.6) is 17.2 Å². The molecule has 0 spiro atoms. The number of rotatable bonds is 4. The maximum Gasteiger partial charge on any atom is 0.125 e. The van der Waals surface area contributed by atoms with Gasteiger partial charge in [-0.2, -0.15) is 0 Å². The van der Waals surface area contributed by atoms with Crippen LogP contribution in [-0.4, -0.2) is 36.7 Å². The first-order chi connectivity index (χ1) is 9.90. The highest BCUT2D eigenvalue weighted by Crippen LogP contribution is 2.33. The summed E-state index contributed by atoms with van der Waals surface area (Å²) in [6.07, 6.45) is -4.55. The van der Waals surface area contributed by atoms with Crippen LogP contribution >= 0.6 is 0 Å². The predicted molar refractivity (Wildman–Crippen MR) is 73.8 cm³/mol. The first kappa shape index (κ1) is 15.1. The van der Waals surface area contributed by atoms with Crippen LogP contribution in [0.2, 0.25) is 0 Å². The molecule has 2 rings (SSSR count). The van der Waals surface area contributed by atoms with Gasteiger partial charge in [0, 0.05) is 11.6 Å². The molecule has 6 heteroatoms. The van der Waals surface area contributed by atoms with Crippen LogP contribution in [0, 0.1) is 0 Å². The molecule has 0 fully saturated rings. The van der Waals surface area contributed by atoms with Crippen molar-refractivity contribution in [2.45, 2.75) is 18.3 Å². The van der Waals surface area contributed by atoms with Crippen molar-refractivity contribution in [3.05, 3.63) is 53.6 Å². The summed E-state index contributed by atoms with van der Waals surface area (Å²) in [7, 11) is 0. The number of aliphatic hydroxyl groups is 3. The number of aromatic hydroxyl groups is 3. The summed E-state index contributed by atoms with van der Waals surface area (Å²) < 4.78 is 0. The van der Waals surface area contributed by atoms with E-state index in [2.05, 4.69) is 0 Å². The second-order valence-electron chi connectivity index (χ2n) is 4.71. The van der Waals surface area contributed by atoms with E-state index in [-0.39, 0.29) is 22.8 Å². The van der Waals surface area contributed by atoms with Gasteiger partial charge in [-0.3, -0.25) is 0 Å². The molecule has 2 aromatic rings. The average Bonchev–Trinajstić information content (AvgIpc) is 2.46. The van der Waals surface area contributed by atoms with E-state index >= 15 is 0 Å². The van der Waals surface area contributed by atoms with E-state index in [9.17, 15) is 30.6 Å². The zero-order chi connectivity index (χ0) is 15.6. The van der Waals surface area contributed by atoms with Crippen LogP contribution in [-0.2, 0) is 0 Å². The van der Waals surface area contributed by atoms with Crippen LogP contribution < -0.4 is 0 Å². The fourth-order valence-corrected chi connectivity index (χ4v) is 2.01. The Morgan fingerprint density at radius 2 is 1.24 bits per heavy atom. The minimum absolute atomic E-state index is 0.0113. The fraction of sp³-hybridized carbons (Fsp3) is 0.200. The van der Waals surface area contributed by atoms with Gasteiger partial charge in [0.1, 0.15) is 35.6 Å². The molecule has 0 amide bonds. The van der Waals surface area contributed by atoms with Crippen molar-refractivity contribution in [1.82, 2.24) is 0 Å². The van der Waals surface area contributed by atoms with Crippen molar-refractivity contribution < 1.29 is 30.6 Å². The second kappa shape index (κ2) is 6.01. The SMILES string of the molecule is Oc1ccc([C@@H](O)[C@@H](O)[C@H](O)c2ccc(O)cc2O)cc1. The van der Waals surface area contributed by atoms with E-state index in [0.29, 0.717) is 5.56 Å². The molecule has 21 heavy (non-hydrogen) atoms. The van der Waals surface area contributed by atoms with Gasteiger partial charge in [0.15, 0.2) is 0 Å². The Bertz CT molecular complexity index is 610. The molecule has 6 nitrogen and oxygen atoms in total. The van der Waals surface area contributed by atoms with Gasteiger partial charge >= 0.3 is 0 Å². The highest BCUT2D eigenvalue weighted by Gasteiger charge is 2.29. The number of phenols is 3. The third kappa shape index (κ3) is 3.25. The Morgan fingerprint density at radius 1 is 0.667 bits per heavy atom. The third-order valence-electron chi connectivity index (χ3n) is 3.21. The molecular weight excluding hydrogens is 276 g/mol. The number of benzene rings is 2. The Morgan fingerprint density at radius 3 is 1.81 bits per heavy atom. The Kier molecular flexibility index (Phi) is 4.32. The van der Waals surface area contributed by atoms with Gasteiger partial charge in [0.05, 0.1) is 0 Å². The number of aliphatic hydroxyl groups excluding tert-OH is 3. The van der Waals surface area contributed by atoms with Crippen molar-refractivity contribution in [3.8, 4) is 17.2 Å². The Balaban J connectivity index is 2.21. The van der Waals surface area contributed by atoms with Crippen LogP contribution in [0.1, 0.15) is 23.3 Å². The first-order valence-electron chi connectivity index (χ1n) is 6.25. The van der Waals surface area contributed by atoms with E-state index < -0.39 is 18.3 Å². The van der Waals surface area contributed by atoms with Crippen LogP contribution in [0.15, 0.2) is 42.5 Å². The van der Waals surface area contributed by atoms with E-state index in [1.165, 1.54) is 36.4 Å². The zero-order valence-electron chi connectivity index (χ0n) is 11.0. The van der Waals surface area contributed by atoms with Crippen LogP contribution in [0.25, 0.3) is 0 Å². The summed E-state index contributed by atoms with van der Waals surface area (Å²) in [4.78, 5) is 0. The van der Waals surface area contributed by atoms with E-state index in [1.807, 2.05) is 0 Å². The molecule has 0 bridgehead atoms. The van der Waals surface area contributed by atoms with Crippen molar-refractivity contribution in [2.24, 2.45) is 0 Å². The summed E-state index contributed by atoms with van der Waals surface area (Å²) >= 11 is 0. The van der Waals surface area contributed by atoms with E-state index in [0.717, 1.165) is 6.07 Å². The summed E-state index contributed by atoms with van der Waals surface area (Å²) in [5, 5.41) is 58.1. The molecule has 0 unspecified atom stereocenters. The molecule has 6 N–H and O–H groups in total. The van der Waals surface area contributed by atoms with Crippen molar-refractivity contribution in [1.29, 1.82) is 0 Å². The lowest BCUT2D eigenvalue weighted by atomic mass is 9.95. The molecule has 0 heterocycles. The quantitative estimate of drug-likeness (QED) is 0.498. The lowest BCUT2D eigenvalue weighted by Crippen LogP contribution is -2.26. The molecule has 0 saturated heterocycles. The lowest BCUT2D eigenvalue weighted by Gasteiger charge is -2.24. The van der Waals surface area contributed by atoms with Gasteiger partial charge in [-0.25, -0.2) is 0 Å². The molecule has 2 aromatic carbocycles. The maximum absolute atomic E-state index is 10.0. The molecule has 0 aliphatic heterocycles. The van der Waals surface area contributed by atoms with E-state index in [4.69, 9.17) is 0 Å². The molecule has 0 radical (unpaired) electrons. The fourth-order valence-electron chi connectivity index (χ4n) is 2.01. The molecule has 3 atom stereocenters. The van der Waals surface area contributed by atoms with E-state index in [1.54, 1.807) is 0 Å². The summed E-state index contributed by atoms with van der Waals surface area (Å²) in [5.74, 6) is -0.561. The third-order valence-corrected chi connectivity index (χ3v) is 3.21. The molecule has 0 aliphatic carbocycles. The average molecular weight is 292 g/mol. The van der Waals surface area contributed by atoms with Crippen LogP contribution in [0.3, 0.4) is 0 Å². The predicted octanol–water partition coefficient (Wildman–Crippen LogP) is 0.931. The number of phenolic OH excluding ortho intramolecular Hbond substituents is 3. The second-order valence-corrected chi connectivity index (χ2v) is 4.71. The van der Waals surface area contributed by atoms with Gasteiger partial charge in [0.2, 0.25) is 0 Å². The molecule has 0 aliphatic rings. The van der Waals surface area contributed by atoms with Gasteiger partial charge in [0.25, 0.3) is 0 Å². The summed E-state index contributed by atoms with van der Waals surface area (Å²) in [5.41, 5.74) is 0.288. The standard InChI is InChI=1S/C15H16O6/c16-9-3-1-8(2-4-9)13(19)15(21)14(20)11-6-5-10(17)7-12(11)18/h1-7,13-21H/t13-,14-,15-/m1/s1. The first-order valence-corrected chi connectivity index (χ1v) is 6.25. The van der Waals surface area contributed by atoms with Crippen molar-refractivity contribution >= 4 is 0 Å². The van der Waals surface area contributed by atoms with Crippen molar-refractivity contribution in [3.63, 3.8) is 0 Å². The van der Waals surface area contributed by atoms with Gasteiger partial charge in [-0.1, -0.05) is 12.1 Å². The number of hydrogen-bond donors (Lipinski definition) is 6.